The zero-order valence-corrected chi connectivity index (χ0v) is 10.0. The van der Waals surface area contributed by atoms with Crippen molar-refractivity contribution in [2.45, 2.75) is 5.66 Å². The third kappa shape index (κ3) is 2.82. The molecule has 1 fully saturated rings. The van der Waals surface area contributed by atoms with Crippen molar-refractivity contribution in [1.82, 2.24) is 16.0 Å². The van der Waals surface area contributed by atoms with Crippen LogP contribution < -0.4 is 20.7 Å². The number of carbonyl (C=O) groups is 3. The predicted molar refractivity (Wildman–Crippen MR) is 65.0 cm³/mol. The maximum atomic E-state index is 11.7. The second kappa shape index (κ2) is 5.38. The van der Waals surface area contributed by atoms with Crippen molar-refractivity contribution in [3.8, 4) is 5.75 Å². The molecule has 2 rings (SSSR count). The number of nitrogens with one attached hydrogen (secondary N) is 3. The van der Waals surface area contributed by atoms with Crippen molar-refractivity contribution in [2.75, 3.05) is 13.2 Å². The van der Waals surface area contributed by atoms with Crippen LogP contribution >= 0.6 is 0 Å². The summed E-state index contributed by atoms with van der Waals surface area (Å²) in [5.74, 6) is -0.395. The summed E-state index contributed by atoms with van der Waals surface area (Å²) >= 11 is 0. The topological polar surface area (TPSA) is 96.5 Å². The molecule has 0 spiro atoms. The van der Waals surface area contributed by atoms with Crippen LogP contribution in [0.2, 0.25) is 0 Å². The highest BCUT2D eigenvalue weighted by Gasteiger charge is 2.47. The predicted octanol–water partition coefficient (Wildman–Crippen LogP) is -1.25. The van der Waals surface area contributed by atoms with Gasteiger partial charge in [-0.2, -0.15) is 0 Å². The fourth-order valence-corrected chi connectivity index (χ4v) is 1.63. The van der Waals surface area contributed by atoms with Crippen molar-refractivity contribution in [1.29, 1.82) is 0 Å². The summed E-state index contributed by atoms with van der Waals surface area (Å²) in [6.45, 7) is -0.0821. The Hall–Kier alpha value is -2.57. The Bertz CT molecular complexity index is 491. The van der Waals surface area contributed by atoms with Crippen molar-refractivity contribution in [2.24, 2.45) is 0 Å². The summed E-state index contributed by atoms with van der Waals surface area (Å²) in [4.78, 5) is 33.5. The summed E-state index contributed by atoms with van der Waals surface area (Å²) in [7, 11) is 0. The van der Waals surface area contributed by atoms with Gasteiger partial charge in [-0.15, -0.1) is 0 Å². The molecule has 0 bridgehead atoms. The van der Waals surface area contributed by atoms with Gasteiger partial charge in [0.1, 0.15) is 5.75 Å². The van der Waals surface area contributed by atoms with E-state index in [1.165, 1.54) is 0 Å². The molecule has 0 aliphatic carbocycles. The molecule has 19 heavy (non-hydrogen) atoms. The summed E-state index contributed by atoms with van der Waals surface area (Å²) in [5.41, 5.74) is -1.35. The van der Waals surface area contributed by atoms with Crippen LogP contribution in [0.3, 0.4) is 0 Å². The van der Waals surface area contributed by atoms with Crippen molar-refractivity contribution in [3.05, 3.63) is 30.3 Å². The Kier molecular flexibility index (Phi) is 3.65. The number of amides is 3. The van der Waals surface area contributed by atoms with E-state index >= 15 is 0 Å². The number of β-lactam (4-membered cyclic amide) rings is 1. The lowest BCUT2D eigenvalue weighted by molar-refractivity contribution is -0.144. The van der Waals surface area contributed by atoms with Gasteiger partial charge in [0.25, 0.3) is 11.8 Å². The second-order valence-corrected chi connectivity index (χ2v) is 4.00. The molecule has 0 aromatic heterocycles. The van der Waals surface area contributed by atoms with Gasteiger partial charge < -0.3 is 20.7 Å². The smallest absolute Gasteiger partial charge is 0.268 e. The number of para-hydroxylation sites is 1. The zero-order chi connectivity index (χ0) is 13.7. The fraction of sp³-hybridized carbons (Fsp3) is 0.250. The maximum Gasteiger partial charge on any atom is 0.268 e. The molecular formula is C12H13N3O4. The zero-order valence-electron chi connectivity index (χ0n) is 10.0. The number of rotatable bonds is 6. The van der Waals surface area contributed by atoms with Crippen LogP contribution in [0.25, 0.3) is 0 Å². The molecule has 1 aromatic carbocycles. The molecule has 1 aliphatic heterocycles. The van der Waals surface area contributed by atoms with Gasteiger partial charge in [-0.05, 0) is 12.1 Å². The van der Waals surface area contributed by atoms with E-state index in [1.54, 1.807) is 24.3 Å². The number of ether oxygens (including phenoxy) is 1. The minimum Gasteiger partial charge on any atom is -0.484 e. The van der Waals surface area contributed by atoms with Gasteiger partial charge in [0.05, 0.1) is 6.54 Å². The molecule has 7 nitrogen and oxygen atoms in total. The third-order valence-corrected chi connectivity index (χ3v) is 2.67. The average molecular weight is 263 g/mol. The van der Waals surface area contributed by atoms with Crippen molar-refractivity contribution < 1.29 is 19.1 Å². The van der Waals surface area contributed by atoms with E-state index in [-0.39, 0.29) is 13.2 Å². The van der Waals surface area contributed by atoms with Crippen molar-refractivity contribution >= 4 is 18.2 Å². The van der Waals surface area contributed by atoms with Gasteiger partial charge in [0.2, 0.25) is 12.1 Å². The summed E-state index contributed by atoms with van der Waals surface area (Å²) in [5, 5.41) is 7.17. The van der Waals surface area contributed by atoms with Crippen LogP contribution in [0.1, 0.15) is 0 Å². The molecule has 100 valence electrons. The van der Waals surface area contributed by atoms with E-state index in [1.807, 2.05) is 6.07 Å². The fourth-order valence-electron chi connectivity index (χ4n) is 1.63. The lowest BCUT2D eigenvalue weighted by Gasteiger charge is -2.40. The molecule has 1 saturated heterocycles. The minimum absolute atomic E-state index is 0.154. The lowest BCUT2D eigenvalue weighted by atomic mass is 10.0. The first-order valence-corrected chi connectivity index (χ1v) is 5.65. The van der Waals surface area contributed by atoms with Crippen LogP contribution in [0, 0.1) is 0 Å². The summed E-state index contributed by atoms with van der Waals surface area (Å²) in [6.07, 6.45) is 0.372. The number of carbonyl (C=O) groups excluding carboxylic acids is 3. The normalized spacial score (nSPS) is 20.7. The SMILES string of the molecule is O=CN[C@]1(NC(=O)COc2ccccc2)CNC1=O. The van der Waals surface area contributed by atoms with Gasteiger partial charge >= 0.3 is 0 Å². The Morgan fingerprint density at radius 2 is 2.16 bits per heavy atom. The number of benzene rings is 1. The van der Waals surface area contributed by atoms with Gasteiger partial charge in [-0.3, -0.25) is 14.4 Å². The lowest BCUT2D eigenvalue weighted by Crippen LogP contribution is -2.79. The Morgan fingerprint density at radius 3 is 2.68 bits per heavy atom. The van der Waals surface area contributed by atoms with E-state index in [0.29, 0.717) is 12.2 Å². The molecule has 1 heterocycles. The number of hydrogen-bond donors (Lipinski definition) is 3. The second-order valence-electron chi connectivity index (χ2n) is 4.00. The molecule has 3 N–H and O–H groups in total. The van der Waals surface area contributed by atoms with Crippen LogP contribution in [-0.4, -0.2) is 37.0 Å². The maximum absolute atomic E-state index is 11.7. The van der Waals surface area contributed by atoms with E-state index in [4.69, 9.17) is 4.74 Å². The largest absolute Gasteiger partial charge is 0.484 e. The molecular weight excluding hydrogens is 250 g/mol. The van der Waals surface area contributed by atoms with Crippen LogP contribution in [0.5, 0.6) is 5.75 Å². The molecule has 0 saturated carbocycles. The first-order chi connectivity index (χ1) is 9.16. The first kappa shape index (κ1) is 12.9. The average Bonchev–Trinajstić information content (AvgIpc) is 2.44. The van der Waals surface area contributed by atoms with Crippen molar-refractivity contribution in [3.63, 3.8) is 0 Å². The molecule has 1 aliphatic rings. The van der Waals surface area contributed by atoms with Crippen LogP contribution in [0.4, 0.5) is 0 Å². The molecule has 1 aromatic rings. The monoisotopic (exact) mass is 263 g/mol. The Morgan fingerprint density at radius 1 is 1.42 bits per heavy atom. The first-order valence-electron chi connectivity index (χ1n) is 5.65. The van der Waals surface area contributed by atoms with E-state index in [0.717, 1.165) is 0 Å². The highest BCUT2D eigenvalue weighted by atomic mass is 16.5. The standard InChI is InChI=1S/C12H13N3O4/c16-8-14-12(7-13-11(12)18)15-10(17)6-19-9-4-2-1-3-5-9/h1-5,8H,6-7H2,(H,13,18)(H,14,16)(H,15,17)/t12-/m0/s1. The highest BCUT2D eigenvalue weighted by Crippen LogP contribution is 2.10. The third-order valence-electron chi connectivity index (χ3n) is 2.67. The molecule has 3 amide bonds. The highest BCUT2D eigenvalue weighted by molar-refractivity contribution is 5.97. The molecule has 0 radical (unpaired) electrons. The molecule has 7 heteroatoms. The molecule has 0 unspecified atom stereocenters. The van der Waals surface area contributed by atoms with E-state index in [9.17, 15) is 14.4 Å². The van der Waals surface area contributed by atoms with Gasteiger partial charge in [-0.1, -0.05) is 18.2 Å². The Labute approximate surface area is 109 Å². The van der Waals surface area contributed by atoms with Gasteiger partial charge in [0.15, 0.2) is 6.61 Å². The minimum atomic E-state index is -1.35. The van der Waals surface area contributed by atoms with E-state index < -0.39 is 17.5 Å². The summed E-state index contributed by atoms with van der Waals surface area (Å²) < 4.78 is 5.24. The quantitative estimate of drug-likeness (QED) is 0.339. The van der Waals surface area contributed by atoms with Gasteiger partial charge in [-0.25, -0.2) is 0 Å². The van der Waals surface area contributed by atoms with E-state index in [2.05, 4.69) is 16.0 Å². The summed E-state index contributed by atoms with van der Waals surface area (Å²) in [6, 6.07) is 8.81. The Balaban J connectivity index is 1.87. The number of hydrogen-bond acceptors (Lipinski definition) is 4. The van der Waals surface area contributed by atoms with Crippen LogP contribution in [-0.2, 0) is 14.4 Å². The van der Waals surface area contributed by atoms with Gasteiger partial charge in [0, 0.05) is 0 Å². The van der Waals surface area contributed by atoms with Crippen LogP contribution in [0.15, 0.2) is 30.3 Å². The molecule has 1 atom stereocenters.